The highest BCUT2D eigenvalue weighted by molar-refractivity contribution is 7.88. The van der Waals surface area contributed by atoms with Crippen molar-refractivity contribution < 1.29 is 13.2 Å². The molecule has 0 spiro atoms. The van der Waals surface area contributed by atoms with Crippen molar-refractivity contribution in [2.24, 2.45) is 5.92 Å². The molecule has 0 radical (unpaired) electrons. The van der Waals surface area contributed by atoms with Gasteiger partial charge in [0.15, 0.2) is 0 Å². The maximum absolute atomic E-state index is 12.8. The third kappa shape index (κ3) is 5.40. The highest BCUT2D eigenvalue weighted by Gasteiger charge is 2.31. The molecule has 4 rings (SSSR count). The Bertz CT molecular complexity index is 1200. The number of piperidine rings is 1. The standard InChI is InChI=1S/C23H26N4O3S2/c1-16-6-8-20(9-7-16)22-25-26-23(31-22)24-21(28)19-10-12-27(13-11-19)32(29,30)15-18-5-3-4-17(2)14-18/h3-9,14,19H,10-13,15H2,1-2H3,(H,24,26,28). The number of aryl methyl sites for hydroxylation is 2. The number of hydrogen-bond donors (Lipinski definition) is 1. The third-order valence-corrected chi connectivity index (χ3v) is 8.34. The zero-order chi connectivity index (χ0) is 22.7. The van der Waals surface area contributed by atoms with Crippen molar-refractivity contribution in [2.45, 2.75) is 32.4 Å². The summed E-state index contributed by atoms with van der Waals surface area (Å²) < 4.78 is 27.1. The summed E-state index contributed by atoms with van der Waals surface area (Å²) in [5.74, 6) is -0.391. The van der Waals surface area contributed by atoms with E-state index in [2.05, 4.69) is 15.5 Å². The van der Waals surface area contributed by atoms with Gasteiger partial charge in [-0.2, -0.15) is 0 Å². The summed E-state index contributed by atoms with van der Waals surface area (Å²) >= 11 is 1.33. The number of hydrogen-bond acceptors (Lipinski definition) is 6. The van der Waals surface area contributed by atoms with Crippen LogP contribution in [0, 0.1) is 19.8 Å². The second-order valence-corrected chi connectivity index (χ2v) is 11.1. The van der Waals surface area contributed by atoms with Crippen LogP contribution >= 0.6 is 11.3 Å². The molecular weight excluding hydrogens is 444 g/mol. The van der Waals surface area contributed by atoms with Crippen molar-refractivity contribution in [1.82, 2.24) is 14.5 Å². The number of sulfonamides is 1. The Morgan fingerprint density at radius 3 is 2.47 bits per heavy atom. The van der Waals surface area contributed by atoms with E-state index in [1.54, 1.807) is 0 Å². The van der Waals surface area contributed by atoms with E-state index in [1.807, 2.05) is 62.4 Å². The lowest BCUT2D eigenvalue weighted by Gasteiger charge is -2.30. The summed E-state index contributed by atoms with van der Waals surface area (Å²) in [5, 5.41) is 12.3. The monoisotopic (exact) mass is 470 g/mol. The van der Waals surface area contributed by atoms with Crippen LogP contribution in [0.15, 0.2) is 48.5 Å². The predicted octanol–water partition coefficient (Wildman–Crippen LogP) is 4.00. The fourth-order valence-electron chi connectivity index (χ4n) is 3.79. The van der Waals surface area contributed by atoms with Gasteiger partial charge in [-0.05, 0) is 32.3 Å². The first-order valence-corrected chi connectivity index (χ1v) is 13.0. The van der Waals surface area contributed by atoms with E-state index in [-0.39, 0.29) is 17.6 Å². The molecule has 1 aliphatic heterocycles. The van der Waals surface area contributed by atoms with Crippen molar-refractivity contribution in [3.8, 4) is 10.6 Å². The fraction of sp³-hybridized carbons (Fsp3) is 0.348. The molecule has 0 unspecified atom stereocenters. The summed E-state index contributed by atoms with van der Waals surface area (Å²) in [4.78, 5) is 12.7. The molecule has 1 amide bonds. The highest BCUT2D eigenvalue weighted by Crippen LogP contribution is 2.28. The van der Waals surface area contributed by atoms with E-state index < -0.39 is 10.0 Å². The van der Waals surface area contributed by atoms with Crippen molar-refractivity contribution in [2.75, 3.05) is 18.4 Å². The van der Waals surface area contributed by atoms with Crippen molar-refractivity contribution >= 4 is 32.4 Å². The van der Waals surface area contributed by atoms with Crippen LogP contribution in [0.3, 0.4) is 0 Å². The lowest BCUT2D eigenvalue weighted by Crippen LogP contribution is -2.41. The lowest BCUT2D eigenvalue weighted by molar-refractivity contribution is -0.120. The van der Waals surface area contributed by atoms with E-state index in [4.69, 9.17) is 0 Å². The molecule has 1 fully saturated rings. The van der Waals surface area contributed by atoms with Crippen LogP contribution < -0.4 is 5.32 Å². The molecule has 0 atom stereocenters. The SMILES string of the molecule is Cc1ccc(-c2nnc(NC(=O)C3CCN(S(=O)(=O)Cc4cccc(C)c4)CC3)s2)cc1. The molecule has 1 aliphatic rings. The third-order valence-electron chi connectivity index (χ3n) is 5.60. The van der Waals surface area contributed by atoms with E-state index in [1.165, 1.54) is 21.2 Å². The summed E-state index contributed by atoms with van der Waals surface area (Å²) in [6, 6.07) is 15.5. The Balaban J connectivity index is 1.32. The van der Waals surface area contributed by atoms with Gasteiger partial charge >= 0.3 is 0 Å². The molecule has 7 nitrogen and oxygen atoms in total. The van der Waals surface area contributed by atoms with Crippen molar-refractivity contribution in [3.63, 3.8) is 0 Å². The predicted molar refractivity (Wildman–Crippen MR) is 127 cm³/mol. The average molecular weight is 471 g/mol. The second kappa shape index (κ2) is 9.48. The zero-order valence-corrected chi connectivity index (χ0v) is 19.7. The largest absolute Gasteiger partial charge is 0.300 e. The second-order valence-electron chi connectivity index (χ2n) is 8.19. The van der Waals surface area contributed by atoms with Crippen molar-refractivity contribution in [3.05, 3.63) is 65.2 Å². The number of carbonyl (C=O) groups excluding carboxylic acids is 1. The summed E-state index contributed by atoms with van der Waals surface area (Å²) in [6.07, 6.45) is 0.977. The molecule has 32 heavy (non-hydrogen) atoms. The van der Waals surface area contributed by atoms with Crippen LogP contribution in [-0.2, 0) is 20.6 Å². The summed E-state index contributed by atoms with van der Waals surface area (Å²) in [5.41, 5.74) is 3.94. The lowest BCUT2D eigenvalue weighted by atomic mass is 9.97. The molecule has 0 bridgehead atoms. The average Bonchev–Trinajstić information content (AvgIpc) is 3.22. The van der Waals surface area contributed by atoms with E-state index in [0.717, 1.165) is 21.7 Å². The highest BCUT2D eigenvalue weighted by atomic mass is 32.2. The molecule has 1 N–H and O–H groups in total. The Morgan fingerprint density at radius 2 is 1.78 bits per heavy atom. The van der Waals surface area contributed by atoms with Crippen molar-refractivity contribution in [1.29, 1.82) is 0 Å². The van der Waals surface area contributed by atoms with Crippen LogP contribution in [0.1, 0.15) is 29.5 Å². The summed E-state index contributed by atoms with van der Waals surface area (Å²) in [7, 11) is -3.41. The van der Waals surface area contributed by atoms with Gasteiger partial charge in [0.2, 0.25) is 21.1 Å². The maximum atomic E-state index is 12.8. The number of nitrogens with zero attached hydrogens (tertiary/aromatic N) is 3. The number of carbonyl (C=O) groups is 1. The molecule has 0 aliphatic carbocycles. The summed E-state index contributed by atoms with van der Waals surface area (Å²) in [6.45, 7) is 4.66. The Morgan fingerprint density at radius 1 is 1.06 bits per heavy atom. The number of aromatic nitrogens is 2. The molecule has 3 aromatic rings. The number of nitrogens with one attached hydrogen (secondary N) is 1. The minimum absolute atomic E-state index is 0.0158. The van der Waals surface area contributed by atoms with Crippen LogP contribution in [0.5, 0.6) is 0 Å². The topological polar surface area (TPSA) is 92.3 Å². The van der Waals surface area contributed by atoms with Crippen LogP contribution in [0.25, 0.3) is 10.6 Å². The number of benzene rings is 2. The van der Waals surface area contributed by atoms with Gasteiger partial charge in [0.1, 0.15) is 5.01 Å². The Labute approximate surface area is 192 Å². The maximum Gasteiger partial charge on any atom is 0.229 e. The molecule has 1 aromatic heterocycles. The first-order valence-electron chi connectivity index (χ1n) is 10.5. The molecular formula is C23H26N4O3S2. The quantitative estimate of drug-likeness (QED) is 0.588. The molecule has 1 saturated heterocycles. The van der Waals surface area contributed by atoms with Gasteiger partial charge in [-0.3, -0.25) is 4.79 Å². The number of rotatable bonds is 6. The smallest absolute Gasteiger partial charge is 0.229 e. The molecule has 0 saturated carbocycles. The van der Waals surface area contributed by atoms with E-state index in [0.29, 0.717) is 31.1 Å². The first-order chi connectivity index (χ1) is 15.3. The normalized spacial score (nSPS) is 15.6. The van der Waals surface area contributed by atoms with Gasteiger partial charge in [-0.25, -0.2) is 12.7 Å². The first kappa shape index (κ1) is 22.6. The zero-order valence-electron chi connectivity index (χ0n) is 18.1. The Kier molecular flexibility index (Phi) is 6.68. The van der Waals surface area contributed by atoms with Crippen LogP contribution in [0.2, 0.25) is 0 Å². The minimum Gasteiger partial charge on any atom is -0.300 e. The van der Waals surface area contributed by atoms with E-state index >= 15 is 0 Å². The number of anilines is 1. The molecule has 9 heteroatoms. The van der Waals surface area contributed by atoms with Gasteiger partial charge in [0, 0.05) is 24.6 Å². The molecule has 168 valence electrons. The van der Waals surface area contributed by atoms with E-state index in [9.17, 15) is 13.2 Å². The van der Waals surface area contributed by atoms with Crippen LogP contribution in [-0.4, -0.2) is 41.9 Å². The molecule has 2 aromatic carbocycles. The van der Waals surface area contributed by atoms with Gasteiger partial charge in [-0.1, -0.05) is 71.0 Å². The van der Waals surface area contributed by atoms with Gasteiger partial charge < -0.3 is 5.32 Å². The molecule has 2 heterocycles. The van der Waals surface area contributed by atoms with Gasteiger partial charge in [-0.15, -0.1) is 10.2 Å². The van der Waals surface area contributed by atoms with Crippen LogP contribution in [0.4, 0.5) is 5.13 Å². The Hall–Kier alpha value is -2.62. The van der Waals surface area contributed by atoms with Gasteiger partial charge in [0.05, 0.1) is 5.75 Å². The number of amides is 1. The minimum atomic E-state index is -3.41. The fourth-order valence-corrected chi connectivity index (χ4v) is 6.10. The van der Waals surface area contributed by atoms with Gasteiger partial charge in [0.25, 0.3) is 0 Å².